The molecule has 1 rings (SSSR count). The molecule has 0 aliphatic carbocycles. The van der Waals surface area contributed by atoms with Crippen molar-refractivity contribution in [3.05, 3.63) is 34.9 Å². The molecule has 1 aromatic carbocycles. The average molecular weight is 242 g/mol. The lowest BCUT2D eigenvalue weighted by Gasteiger charge is -2.26. The van der Waals surface area contributed by atoms with Crippen molar-refractivity contribution in [1.29, 1.82) is 0 Å². The Labute approximate surface area is 100 Å². The highest BCUT2D eigenvalue weighted by molar-refractivity contribution is 6.31. The molecule has 0 aliphatic heterocycles. The lowest BCUT2D eigenvalue weighted by Crippen LogP contribution is -2.45. The number of carboxylic acids is 1. The molecule has 0 heterocycles. The second-order valence-electron chi connectivity index (χ2n) is 3.86. The fourth-order valence-electron chi connectivity index (χ4n) is 1.64. The Hall–Kier alpha value is -1.06. The summed E-state index contributed by atoms with van der Waals surface area (Å²) in [7, 11) is 0. The number of unbranched alkanes of at least 4 members (excludes halogenated alkanes) is 1. The molecule has 88 valence electrons. The van der Waals surface area contributed by atoms with Gasteiger partial charge in [0.1, 0.15) is 5.54 Å². The zero-order valence-corrected chi connectivity index (χ0v) is 10.00. The summed E-state index contributed by atoms with van der Waals surface area (Å²) in [5.41, 5.74) is 5.07. The van der Waals surface area contributed by atoms with Gasteiger partial charge >= 0.3 is 5.97 Å². The van der Waals surface area contributed by atoms with E-state index in [0.717, 1.165) is 12.8 Å². The van der Waals surface area contributed by atoms with Crippen LogP contribution in [-0.2, 0) is 10.3 Å². The van der Waals surface area contributed by atoms with Crippen molar-refractivity contribution in [2.75, 3.05) is 0 Å². The topological polar surface area (TPSA) is 63.3 Å². The summed E-state index contributed by atoms with van der Waals surface area (Å²) in [5, 5.41) is 9.66. The summed E-state index contributed by atoms with van der Waals surface area (Å²) < 4.78 is 0. The second-order valence-corrected chi connectivity index (χ2v) is 4.27. The predicted molar refractivity (Wildman–Crippen MR) is 64.5 cm³/mol. The molecule has 0 radical (unpaired) electrons. The summed E-state index contributed by atoms with van der Waals surface area (Å²) in [6.45, 7) is 1.99. The van der Waals surface area contributed by atoms with E-state index >= 15 is 0 Å². The number of aliphatic carboxylic acids is 1. The summed E-state index contributed by atoms with van der Waals surface area (Å²) in [6.07, 6.45) is 2.05. The zero-order valence-electron chi connectivity index (χ0n) is 9.24. The summed E-state index contributed by atoms with van der Waals surface area (Å²) in [5.74, 6) is -1.03. The first-order valence-corrected chi connectivity index (χ1v) is 5.67. The number of benzene rings is 1. The van der Waals surface area contributed by atoms with Crippen LogP contribution in [0.25, 0.3) is 0 Å². The van der Waals surface area contributed by atoms with Crippen LogP contribution >= 0.6 is 11.6 Å². The number of carboxylic acid groups (broad SMARTS) is 1. The molecule has 1 atom stereocenters. The molecule has 0 fully saturated rings. The van der Waals surface area contributed by atoms with Gasteiger partial charge in [0.25, 0.3) is 0 Å². The third-order valence-corrected chi connectivity index (χ3v) is 2.99. The normalized spacial score (nSPS) is 14.4. The van der Waals surface area contributed by atoms with E-state index in [9.17, 15) is 9.90 Å². The van der Waals surface area contributed by atoms with Crippen molar-refractivity contribution in [2.24, 2.45) is 5.73 Å². The molecule has 0 amide bonds. The lowest BCUT2D eigenvalue weighted by molar-refractivity contribution is -0.144. The largest absolute Gasteiger partial charge is 0.480 e. The van der Waals surface area contributed by atoms with Crippen LogP contribution in [0.15, 0.2) is 24.3 Å². The van der Waals surface area contributed by atoms with E-state index in [1.807, 2.05) is 6.92 Å². The van der Waals surface area contributed by atoms with Gasteiger partial charge in [0.05, 0.1) is 0 Å². The van der Waals surface area contributed by atoms with Gasteiger partial charge in [-0.25, -0.2) is 4.79 Å². The Morgan fingerprint density at radius 2 is 2.12 bits per heavy atom. The molecule has 3 N–H and O–H groups in total. The first kappa shape index (κ1) is 13.0. The van der Waals surface area contributed by atoms with Gasteiger partial charge < -0.3 is 10.8 Å². The highest BCUT2D eigenvalue weighted by Gasteiger charge is 2.36. The van der Waals surface area contributed by atoms with E-state index < -0.39 is 11.5 Å². The van der Waals surface area contributed by atoms with Crippen LogP contribution in [0.1, 0.15) is 31.7 Å². The van der Waals surface area contributed by atoms with Crippen LogP contribution in [0.3, 0.4) is 0 Å². The van der Waals surface area contributed by atoms with Gasteiger partial charge in [-0.05, 0) is 12.5 Å². The molecule has 16 heavy (non-hydrogen) atoms. The van der Waals surface area contributed by atoms with E-state index in [-0.39, 0.29) is 0 Å². The van der Waals surface area contributed by atoms with Gasteiger partial charge in [0.2, 0.25) is 0 Å². The smallest absolute Gasteiger partial charge is 0.328 e. The maximum atomic E-state index is 11.3. The fourth-order valence-corrected chi connectivity index (χ4v) is 1.94. The molecule has 0 aromatic heterocycles. The van der Waals surface area contributed by atoms with Gasteiger partial charge in [-0.3, -0.25) is 0 Å². The number of halogens is 1. The van der Waals surface area contributed by atoms with Crippen molar-refractivity contribution in [3.8, 4) is 0 Å². The molecular weight excluding hydrogens is 226 g/mol. The molecule has 0 saturated heterocycles. The van der Waals surface area contributed by atoms with E-state index in [4.69, 9.17) is 17.3 Å². The molecule has 0 saturated carbocycles. The quantitative estimate of drug-likeness (QED) is 0.833. The number of nitrogens with two attached hydrogens (primary N) is 1. The van der Waals surface area contributed by atoms with Crippen LogP contribution in [0.5, 0.6) is 0 Å². The molecule has 0 bridgehead atoms. The Bertz CT molecular complexity index is 381. The number of rotatable bonds is 5. The third kappa shape index (κ3) is 2.54. The maximum absolute atomic E-state index is 11.3. The second kappa shape index (κ2) is 5.32. The highest BCUT2D eigenvalue weighted by atomic mass is 35.5. The standard InChI is InChI=1S/C12H16ClNO2/c1-2-3-8-12(14,11(15)16)9-6-4-5-7-10(9)13/h4-7H,2-3,8,14H2,1H3,(H,15,16)/t12-/m1/s1. The van der Waals surface area contributed by atoms with Crippen molar-refractivity contribution in [2.45, 2.75) is 31.7 Å². The van der Waals surface area contributed by atoms with Crippen molar-refractivity contribution >= 4 is 17.6 Å². The summed E-state index contributed by atoms with van der Waals surface area (Å²) >= 11 is 5.99. The average Bonchev–Trinajstić information content (AvgIpc) is 2.26. The third-order valence-electron chi connectivity index (χ3n) is 2.66. The van der Waals surface area contributed by atoms with Crippen LogP contribution in [-0.4, -0.2) is 11.1 Å². The van der Waals surface area contributed by atoms with E-state index in [1.54, 1.807) is 24.3 Å². The highest BCUT2D eigenvalue weighted by Crippen LogP contribution is 2.30. The van der Waals surface area contributed by atoms with Gasteiger partial charge in [-0.1, -0.05) is 49.6 Å². The maximum Gasteiger partial charge on any atom is 0.328 e. The van der Waals surface area contributed by atoms with E-state index in [1.165, 1.54) is 0 Å². The Morgan fingerprint density at radius 1 is 1.50 bits per heavy atom. The predicted octanol–water partition coefficient (Wildman–Crippen LogP) is 2.77. The Balaban J connectivity index is 3.11. The number of hydrogen-bond acceptors (Lipinski definition) is 2. The minimum atomic E-state index is -1.38. The SMILES string of the molecule is CCCC[C@](N)(C(=O)O)c1ccccc1Cl. The Morgan fingerprint density at radius 3 is 2.62 bits per heavy atom. The van der Waals surface area contributed by atoms with Crippen LogP contribution in [0.4, 0.5) is 0 Å². The van der Waals surface area contributed by atoms with Gasteiger partial charge in [-0.15, -0.1) is 0 Å². The summed E-state index contributed by atoms with van der Waals surface area (Å²) in [4.78, 5) is 11.3. The molecule has 0 spiro atoms. The first-order valence-electron chi connectivity index (χ1n) is 5.29. The van der Waals surface area contributed by atoms with Crippen molar-refractivity contribution in [3.63, 3.8) is 0 Å². The molecule has 0 unspecified atom stereocenters. The molecule has 1 aromatic rings. The number of hydrogen-bond donors (Lipinski definition) is 2. The minimum Gasteiger partial charge on any atom is -0.480 e. The van der Waals surface area contributed by atoms with E-state index in [2.05, 4.69) is 0 Å². The van der Waals surface area contributed by atoms with Crippen LogP contribution in [0, 0.1) is 0 Å². The Kier molecular flexibility index (Phi) is 4.33. The van der Waals surface area contributed by atoms with Gasteiger partial charge in [0.15, 0.2) is 0 Å². The summed E-state index contributed by atoms with van der Waals surface area (Å²) in [6, 6.07) is 6.84. The fraction of sp³-hybridized carbons (Fsp3) is 0.417. The molecule has 4 heteroatoms. The zero-order chi connectivity index (χ0) is 12.2. The molecule has 3 nitrogen and oxygen atoms in total. The lowest BCUT2D eigenvalue weighted by atomic mass is 9.86. The minimum absolute atomic E-state index is 0.391. The molecular formula is C12H16ClNO2. The van der Waals surface area contributed by atoms with Crippen LogP contribution < -0.4 is 5.73 Å². The van der Waals surface area contributed by atoms with Gasteiger partial charge in [0, 0.05) is 10.6 Å². The van der Waals surface area contributed by atoms with Crippen molar-refractivity contribution < 1.29 is 9.90 Å². The van der Waals surface area contributed by atoms with Crippen molar-refractivity contribution in [1.82, 2.24) is 0 Å². The number of carbonyl (C=O) groups is 1. The first-order chi connectivity index (χ1) is 7.52. The van der Waals surface area contributed by atoms with Crippen LogP contribution in [0.2, 0.25) is 5.02 Å². The van der Waals surface area contributed by atoms with Gasteiger partial charge in [-0.2, -0.15) is 0 Å². The monoisotopic (exact) mass is 241 g/mol. The molecule has 0 aliphatic rings. The van der Waals surface area contributed by atoms with E-state index in [0.29, 0.717) is 17.0 Å².